The second-order valence-electron chi connectivity index (χ2n) is 5.04. The van der Waals surface area contributed by atoms with Crippen molar-refractivity contribution in [3.8, 4) is 0 Å². The fraction of sp³-hybridized carbons (Fsp3) is 0.500. The van der Waals surface area contributed by atoms with E-state index in [0.29, 0.717) is 6.42 Å². The van der Waals surface area contributed by atoms with E-state index in [1.54, 1.807) is 0 Å². The lowest BCUT2D eigenvalue weighted by Gasteiger charge is -2.23. The summed E-state index contributed by atoms with van der Waals surface area (Å²) in [6, 6.07) is 3.12. The molecule has 2 N–H and O–H groups in total. The maximum atomic E-state index is 12.9. The molecule has 0 saturated heterocycles. The average Bonchev–Trinajstić information content (AvgIpc) is 2.26. The Hall–Kier alpha value is -0.690. The van der Waals surface area contributed by atoms with Crippen molar-refractivity contribution in [1.82, 2.24) is 4.72 Å². The number of hydrogen-bond acceptors (Lipinski definition) is 3. The van der Waals surface area contributed by atoms with Crippen LogP contribution in [0.4, 0.5) is 4.39 Å². The number of aliphatic hydroxyl groups excluding tert-OH is 1. The van der Waals surface area contributed by atoms with Crippen molar-refractivity contribution in [1.29, 1.82) is 0 Å². The molecule has 0 aliphatic heterocycles. The van der Waals surface area contributed by atoms with E-state index in [1.807, 2.05) is 13.8 Å². The smallest absolute Gasteiger partial charge is 0.242 e. The van der Waals surface area contributed by atoms with Gasteiger partial charge in [0, 0.05) is 13.2 Å². The Labute approximate surface area is 117 Å². The zero-order chi connectivity index (χ0) is 14.7. The van der Waals surface area contributed by atoms with Crippen LogP contribution in [0.3, 0.4) is 0 Å². The fourth-order valence-electron chi connectivity index (χ4n) is 1.45. The highest BCUT2D eigenvalue weighted by Crippen LogP contribution is 2.24. The van der Waals surface area contributed by atoms with Crippen molar-refractivity contribution < 1.29 is 17.9 Å². The van der Waals surface area contributed by atoms with Crippen LogP contribution in [0.2, 0.25) is 5.02 Å². The van der Waals surface area contributed by atoms with Gasteiger partial charge < -0.3 is 5.11 Å². The van der Waals surface area contributed by atoms with E-state index in [4.69, 9.17) is 16.7 Å². The lowest BCUT2D eigenvalue weighted by Crippen LogP contribution is -2.34. The van der Waals surface area contributed by atoms with E-state index < -0.39 is 15.8 Å². The van der Waals surface area contributed by atoms with Crippen LogP contribution in [-0.2, 0) is 10.0 Å². The summed E-state index contributed by atoms with van der Waals surface area (Å²) in [5.41, 5.74) is -0.381. The molecule has 0 spiro atoms. The second-order valence-corrected chi connectivity index (χ2v) is 7.18. The summed E-state index contributed by atoms with van der Waals surface area (Å²) in [6.45, 7) is 3.80. The summed E-state index contributed by atoms with van der Waals surface area (Å²) >= 11 is 5.73. The molecular weight excluding hydrogens is 293 g/mol. The van der Waals surface area contributed by atoms with Crippen molar-refractivity contribution in [3.05, 3.63) is 29.0 Å². The molecule has 1 rings (SSSR count). The fourth-order valence-corrected chi connectivity index (χ4v) is 3.22. The number of halogens is 2. The van der Waals surface area contributed by atoms with Gasteiger partial charge in [0.1, 0.15) is 10.7 Å². The van der Waals surface area contributed by atoms with Crippen molar-refractivity contribution in [2.75, 3.05) is 13.2 Å². The third-order valence-electron chi connectivity index (χ3n) is 2.71. The highest BCUT2D eigenvalue weighted by Gasteiger charge is 2.23. The molecule has 0 atom stereocenters. The molecule has 0 saturated carbocycles. The van der Waals surface area contributed by atoms with Crippen molar-refractivity contribution in [2.24, 2.45) is 5.41 Å². The van der Waals surface area contributed by atoms with Crippen LogP contribution in [-0.4, -0.2) is 26.7 Å². The van der Waals surface area contributed by atoms with Crippen LogP contribution >= 0.6 is 11.6 Å². The van der Waals surface area contributed by atoms with Crippen molar-refractivity contribution in [2.45, 2.75) is 25.2 Å². The molecule has 4 nitrogen and oxygen atoms in total. The molecule has 0 radical (unpaired) electrons. The number of aliphatic hydroxyl groups is 1. The number of benzene rings is 1. The molecule has 0 amide bonds. The van der Waals surface area contributed by atoms with Crippen LogP contribution in [0.15, 0.2) is 23.1 Å². The highest BCUT2D eigenvalue weighted by molar-refractivity contribution is 7.89. The molecule has 0 aliphatic carbocycles. The summed E-state index contributed by atoms with van der Waals surface area (Å²) < 4.78 is 39.4. The highest BCUT2D eigenvalue weighted by atomic mass is 35.5. The van der Waals surface area contributed by atoms with Gasteiger partial charge in [-0.1, -0.05) is 25.4 Å². The predicted molar refractivity (Wildman–Crippen MR) is 72.1 cm³/mol. The Morgan fingerprint density at radius 3 is 2.58 bits per heavy atom. The lowest BCUT2D eigenvalue weighted by molar-refractivity contribution is 0.213. The Morgan fingerprint density at radius 1 is 1.42 bits per heavy atom. The Morgan fingerprint density at radius 2 is 2.05 bits per heavy atom. The Kier molecular flexibility index (Phi) is 5.32. The van der Waals surface area contributed by atoms with Gasteiger partial charge >= 0.3 is 0 Å². The van der Waals surface area contributed by atoms with Crippen LogP contribution in [0, 0.1) is 11.2 Å². The molecular formula is C12H17ClFNO3S. The van der Waals surface area contributed by atoms with E-state index in [2.05, 4.69) is 4.72 Å². The molecule has 0 fully saturated rings. The molecule has 108 valence electrons. The minimum atomic E-state index is -3.79. The zero-order valence-electron chi connectivity index (χ0n) is 10.8. The normalized spacial score (nSPS) is 12.7. The number of hydrogen-bond donors (Lipinski definition) is 2. The molecule has 19 heavy (non-hydrogen) atoms. The SMILES string of the molecule is CC(C)(CCO)CNS(=O)(=O)c1ccc(F)cc1Cl. The van der Waals surface area contributed by atoms with Crippen LogP contribution in [0.25, 0.3) is 0 Å². The molecule has 7 heteroatoms. The van der Waals surface area contributed by atoms with Crippen molar-refractivity contribution in [3.63, 3.8) is 0 Å². The minimum Gasteiger partial charge on any atom is -0.396 e. The Bertz CT molecular complexity index is 546. The summed E-state index contributed by atoms with van der Waals surface area (Å²) in [5, 5.41) is 8.72. The van der Waals surface area contributed by atoms with Gasteiger partial charge in [-0.2, -0.15) is 0 Å². The summed E-state index contributed by atoms with van der Waals surface area (Å²) in [5.74, 6) is -0.593. The standard InChI is InChI=1S/C12H17ClFNO3S/c1-12(2,5-6-16)8-15-19(17,18)11-4-3-9(14)7-10(11)13/h3-4,7,15-16H,5-6,8H2,1-2H3. The Balaban J connectivity index is 2.87. The minimum absolute atomic E-state index is 0.0218. The topological polar surface area (TPSA) is 66.4 Å². The van der Waals surface area contributed by atoms with E-state index in [9.17, 15) is 12.8 Å². The van der Waals surface area contributed by atoms with Gasteiger partial charge in [0.25, 0.3) is 0 Å². The first kappa shape index (κ1) is 16.4. The van der Waals surface area contributed by atoms with E-state index in [1.165, 1.54) is 0 Å². The average molecular weight is 310 g/mol. The summed E-state index contributed by atoms with van der Waals surface area (Å²) in [4.78, 5) is -0.157. The van der Waals surface area contributed by atoms with Crippen LogP contribution in [0.5, 0.6) is 0 Å². The maximum absolute atomic E-state index is 12.9. The van der Waals surface area contributed by atoms with Gasteiger partial charge in [0.15, 0.2) is 0 Å². The monoisotopic (exact) mass is 309 g/mol. The summed E-state index contributed by atoms with van der Waals surface area (Å²) in [7, 11) is -3.79. The molecule has 0 aliphatic rings. The van der Waals surface area contributed by atoms with E-state index in [0.717, 1.165) is 18.2 Å². The number of nitrogens with one attached hydrogen (secondary N) is 1. The first-order chi connectivity index (χ1) is 8.68. The molecule has 0 unspecified atom stereocenters. The van der Waals surface area contributed by atoms with Gasteiger partial charge in [-0.05, 0) is 30.0 Å². The first-order valence-corrected chi connectivity index (χ1v) is 7.60. The lowest BCUT2D eigenvalue weighted by atomic mass is 9.90. The quantitative estimate of drug-likeness (QED) is 0.846. The van der Waals surface area contributed by atoms with Gasteiger partial charge in [0.05, 0.1) is 5.02 Å². The van der Waals surface area contributed by atoms with Gasteiger partial charge in [-0.15, -0.1) is 0 Å². The second kappa shape index (κ2) is 6.17. The van der Waals surface area contributed by atoms with Gasteiger partial charge in [-0.3, -0.25) is 0 Å². The van der Waals surface area contributed by atoms with E-state index >= 15 is 0 Å². The molecule has 0 heterocycles. The van der Waals surface area contributed by atoms with Gasteiger partial charge in [-0.25, -0.2) is 17.5 Å². The molecule has 1 aromatic rings. The number of sulfonamides is 1. The zero-order valence-corrected chi connectivity index (χ0v) is 12.4. The molecule has 0 aromatic heterocycles. The van der Waals surface area contributed by atoms with Gasteiger partial charge in [0.2, 0.25) is 10.0 Å². The van der Waals surface area contributed by atoms with Crippen LogP contribution in [0.1, 0.15) is 20.3 Å². The predicted octanol–water partition coefficient (Wildman–Crippen LogP) is 2.17. The third-order valence-corrected chi connectivity index (χ3v) is 4.60. The maximum Gasteiger partial charge on any atom is 0.242 e. The van der Waals surface area contributed by atoms with Crippen LogP contribution < -0.4 is 4.72 Å². The van der Waals surface area contributed by atoms with E-state index in [-0.39, 0.29) is 28.5 Å². The summed E-state index contributed by atoms with van der Waals surface area (Å²) in [6.07, 6.45) is 0.465. The van der Waals surface area contributed by atoms with Crippen molar-refractivity contribution >= 4 is 21.6 Å². The largest absolute Gasteiger partial charge is 0.396 e. The molecule has 0 bridgehead atoms. The first-order valence-electron chi connectivity index (χ1n) is 5.73. The number of rotatable bonds is 6. The molecule has 1 aromatic carbocycles. The third kappa shape index (κ3) is 4.72.